The van der Waals surface area contributed by atoms with Crippen LogP contribution in [0, 0.1) is 5.92 Å². The summed E-state index contributed by atoms with van der Waals surface area (Å²) in [5.74, 6) is -2.04. The topological polar surface area (TPSA) is 120 Å². The van der Waals surface area contributed by atoms with E-state index in [4.69, 9.17) is 14.2 Å². The molecule has 0 aliphatic heterocycles. The van der Waals surface area contributed by atoms with Crippen molar-refractivity contribution in [1.82, 2.24) is 10.6 Å². The molecule has 0 aromatic rings. The van der Waals surface area contributed by atoms with Crippen LogP contribution in [0.25, 0.3) is 0 Å². The highest BCUT2D eigenvalue weighted by molar-refractivity contribution is 5.95. The average molecular weight is 400 g/mol. The van der Waals surface area contributed by atoms with Crippen LogP contribution in [0.2, 0.25) is 0 Å². The Labute approximate surface area is 165 Å². The number of nitrogens with one attached hydrogen (secondary N) is 2. The van der Waals surface area contributed by atoms with Crippen LogP contribution in [-0.4, -0.2) is 53.8 Å². The van der Waals surface area contributed by atoms with Gasteiger partial charge in [0.2, 0.25) is 5.91 Å². The fourth-order valence-corrected chi connectivity index (χ4v) is 2.63. The maximum atomic E-state index is 12.8. The van der Waals surface area contributed by atoms with E-state index in [9.17, 15) is 19.2 Å². The molecule has 0 aromatic heterocycles. The molecule has 0 saturated heterocycles. The van der Waals surface area contributed by atoms with Gasteiger partial charge in [0.15, 0.2) is 0 Å². The maximum Gasteiger partial charge on any atom is 0.408 e. The third kappa shape index (κ3) is 7.01. The molecule has 3 unspecified atom stereocenters. The first-order valence-corrected chi connectivity index (χ1v) is 9.21. The molecule has 1 fully saturated rings. The van der Waals surface area contributed by atoms with Crippen molar-refractivity contribution in [2.45, 2.75) is 84.1 Å². The largest absolute Gasteiger partial charge is 0.467 e. The third-order valence-electron chi connectivity index (χ3n) is 4.00. The Kier molecular flexibility index (Phi) is 7.08. The quantitative estimate of drug-likeness (QED) is 0.514. The standard InChI is InChI=1S/C19H32N2O7/c1-11-10-19(11,15(24)26-8)21-14(23)12(9-13(22)27-17(2,3)4)20-16(25)28-18(5,6)7/h11-12H,9-10H2,1-8H3,(H,20,25)(H,21,23). The second-order valence-electron chi connectivity index (χ2n) is 9.05. The van der Waals surface area contributed by atoms with Crippen LogP contribution >= 0.6 is 0 Å². The number of hydrogen-bond donors (Lipinski definition) is 2. The number of rotatable bonds is 6. The van der Waals surface area contributed by atoms with Crippen LogP contribution in [0.1, 0.15) is 61.3 Å². The molecule has 3 atom stereocenters. The predicted octanol–water partition coefficient (Wildman–Crippen LogP) is 1.68. The van der Waals surface area contributed by atoms with Gasteiger partial charge < -0.3 is 24.8 Å². The molecule has 0 radical (unpaired) electrons. The van der Waals surface area contributed by atoms with E-state index in [1.165, 1.54) is 7.11 Å². The van der Waals surface area contributed by atoms with E-state index in [0.717, 1.165) is 0 Å². The number of carbonyl (C=O) groups is 4. The van der Waals surface area contributed by atoms with E-state index in [-0.39, 0.29) is 5.92 Å². The van der Waals surface area contributed by atoms with Crippen molar-refractivity contribution in [2.75, 3.05) is 7.11 Å². The number of hydrogen-bond acceptors (Lipinski definition) is 7. The van der Waals surface area contributed by atoms with Crippen molar-refractivity contribution in [2.24, 2.45) is 5.92 Å². The van der Waals surface area contributed by atoms with Crippen molar-refractivity contribution < 1.29 is 33.4 Å². The minimum Gasteiger partial charge on any atom is -0.467 e. The van der Waals surface area contributed by atoms with Gasteiger partial charge in [0.05, 0.1) is 13.5 Å². The smallest absolute Gasteiger partial charge is 0.408 e. The van der Waals surface area contributed by atoms with Gasteiger partial charge >= 0.3 is 18.0 Å². The average Bonchev–Trinajstić information content (AvgIpc) is 3.12. The van der Waals surface area contributed by atoms with Gasteiger partial charge in [-0.25, -0.2) is 9.59 Å². The third-order valence-corrected chi connectivity index (χ3v) is 4.00. The Morgan fingerprint density at radius 2 is 1.54 bits per heavy atom. The molecule has 1 aliphatic carbocycles. The molecule has 160 valence electrons. The first-order chi connectivity index (χ1) is 12.6. The van der Waals surface area contributed by atoms with E-state index in [1.54, 1.807) is 48.5 Å². The minimum absolute atomic E-state index is 0.118. The van der Waals surface area contributed by atoms with Gasteiger partial charge in [-0.05, 0) is 53.9 Å². The summed E-state index contributed by atoms with van der Waals surface area (Å²) >= 11 is 0. The van der Waals surface area contributed by atoms with Crippen LogP contribution < -0.4 is 10.6 Å². The summed E-state index contributed by atoms with van der Waals surface area (Å²) in [6.07, 6.45) is -0.850. The van der Waals surface area contributed by atoms with Gasteiger partial charge in [0, 0.05) is 0 Å². The van der Waals surface area contributed by atoms with Gasteiger partial charge in [-0.1, -0.05) is 6.92 Å². The summed E-state index contributed by atoms with van der Waals surface area (Å²) in [5.41, 5.74) is -2.68. The van der Waals surface area contributed by atoms with Gasteiger partial charge in [-0.15, -0.1) is 0 Å². The van der Waals surface area contributed by atoms with Crippen molar-refractivity contribution in [3.8, 4) is 0 Å². The molecule has 0 aromatic carbocycles. The van der Waals surface area contributed by atoms with Crippen LogP contribution in [0.3, 0.4) is 0 Å². The zero-order chi connectivity index (χ0) is 21.9. The van der Waals surface area contributed by atoms with Gasteiger partial charge in [0.1, 0.15) is 22.8 Å². The minimum atomic E-state index is -1.26. The van der Waals surface area contributed by atoms with Crippen LogP contribution in [0.4, 0.5) is 4.79 Å². The maximum absolute atomic E-state index is 12.8. The van der Waals surface area contributed by atoms with Gasteiger partial charge in [0.25, 0.3) is 0 Å². The molecule has 2 amide bonds. The number of esters is 2. The lowest BCUT2D eigenvalue weighted by molar-refractivity contribution is -0.156. The zero-order valence-corrected chi connectivity index (χ0v) is 17.9. The Morgan fingerprint density at radius 1 is 1.04 bits per heavy atom. The molecular formula is C19H32N2O7. The molecule has 0 spiro atoms. The molecule has 1 rings (SSSR count). The van der Waals surface area contributed by atoms with E-state index in [1.807, 2.05) is 0 Å². The van der Waals surface area contributed by atoms with E-state index < -0.39 is 53.1 Å². The van der Waals surface area contributed by atoms with Crippen LogP contribution in [0.5, 0.6) is 0 Å². The Hall–Kier alpha value is -2.32. The molecule has 1 saturated carbocycles. The number of ether oxygens (including phenoxy) is 3. The predicted molar refractivity (Wildman–Crippen MR) is 100 cm³/mol. The summed E-state index contributed by atoms with van der Waals surface area (Å²) in [5, 5.41) is 5.00. The molecule has 9 heteroatoms. The number of carbonyl (C=O) groups excluding carboxylic acids is 4. The van der Waals surface area contributed by atoms with Crippen LogP contribution in [-0.2, 0) is 28.6 Å². The lowest BCUT2D eigenvalue weighted by Crippen LogP contribution is -2.55. The van der Waals surface area contributed by atoms with E-state index in [2.05, 4.69) is 10.6 Å². The fourth-order valence-electron chi connectivity index (χ4n) is 2.63. The molecule has 1 aliphatic rings. The van der Waals surface area contributed by atoms with E-state index >= 15 is 0 Å². The molecule has 0 bridgehead atoms. The number of amides is 2. The van der Waals surface area contributed by atoms with Crippen molar-refractivity contribution in [3.63, 3.8) is 0 Å². The normalized spacial score (nSPS) is 22.5. The van der Waals surface area contributed by atoms with E-state index in [0.29, 0.717) is 6.42 Å². The highest BCUT2D eigenvalue weighted by Crippen LogP contribution is 2.44. The molecule has 0 heterocycles. The number of alkyl carbamates (subject to hydrolysis) is 1. The monoisotopic (exact) mass is 400 g/mol. The highest BCUT2D eigenvalue weighted by atomic mass is 16.6. The first kappa shape index (κ1) is 23.7. The highest BCUT2D eigenvalue weighted by Gasteiger charge is 2.60. The zero-order valence-electron chi connectivity index (χ0n) is 17.9. The Bertz CT molecular complexity index is 603. The molecular weight excluding hydrogens is 368 g/mol. The number of methoxy groups -OCH3 is 1. The summed E-state index contributed by atoms with van der Waals surface area (Å²) in [4.78, 5) is 49.1. The van der Waals surface area contributed by atoms with Crippen molar-refractivity contribution >= 4 is 23.9 Å². The van der Waals surface area contributed by atoms with Crippen molar-refractivity contribution in [3.05, 3.63) is 0 Å². The Morgan fingerprint density at radius 3 is 1.93 bits per heavy atom. The summed E-state index contributed by atoms with van der Waals surface area (Å²) in [6.45, 7) is 11.9. The lowest BCUT2D eigenvalue weighted by Gasteiger charge is -2.26. The van der Waals surface area contributed by atoms with Crippen LogP contribution in [0.15, 0.2) is 0 Å². The van der Waals surface area contributed by atoms with Gasteiger partial charge in [-0.3, -0.25) is 9.59 Å². The summed E-state index contributed by atoms with van der Waals surface area (Å²) in [7, 11) is 1.23. The summed E-state index contributed by atoms with van der Waals surface area (Å²) < 4.78 is 15.2. The second kappa shape index (κ2) is 8.36. The van der Waals surface area contributed by atoms with Gasteiger partial charge in [-0.2, -0.15) is 0 Å². The summed E-state index contributed by atoms with van der Waals surface area (Å²) in [6, 6.07) is -1.26. The van der Waals surface area contributed by atoms with Crippen molar-refractivity contribution in [1.29, 1.82) is 0 Å². The first-order valence-electron chi connectivity index (χ1n) is 9.21. The fraction of sp³-hybridized carbons (Fsp3) is 0.789. The molecule has 28 heavy (non-hydrogen) atoms. The molecule has 9 nitrogen and oxygen atoms in total. The second-order valence-corrected chi connectivity index (χ2v) is 9.05. The Balaban J connectivity index is 2.92. The molecule has 2 N–H and O–H groups in total. The lowest BCUT2D eigenvalue weighted by atomic mass is 10.1. The SMILES string of the molecule is COC(=O)C1(NC(=O)C(CC(=O)OC(C)(C)C)NC(=O)OC(C)(C)C)CC1C.